The van der Waals surface area contributed by atoms with Gasteiger partial charge in [0.2, 0.25) is 6.29 Å². The van der Waals surface area contributed by atoms with Crippen LogP contribution in [0.1, 0.15) is 6.92 Å². The molecule has 0 rings (SSSR count). The van der Waals surface area contributed by atoms with Crippen LogP contribution in [0.4, 0.5) is 0 Å². The molecule has 0 amide bonds. The molecule has 0 aromatic carbocycles. The Labute approximate surface area is 51.6 Å². The third-order valence-electron chi connectivity index (χ3n) is 0.479. The van der Waals surface area contributed by atoms with E-state index in [2.05, 4.69) is 20.7 Å². The van der Waals surface area contributed by atoms with Gasteiger partial charge in [0.25, 0.3) is 0 Å². The average Bonchev–Trinajstić information content (AvgIpc) is 1.68. The summed E-state index contributed by atoms with van der Waals surface area (Å²) >= 11 is 2.98. The van der Waals surface area contributed by atoms with Gasteiger partial charge in [-0.25, -0.2) is 5.11 Å². The standard InChI is InChI=1S/C4H8BrO2/c1-2-7-4(6)3-5/h4H,2-3H2,1H3. The van der Waals surface area contributed by atoms with Crippen molar-refractivity contribution >= 4 is 15.9 Å². The minimum Gasteiger partial charge on any atom is -0.349 e. The highest BCUT2D eigenvalue weighted by Crippen LogP contribution is 1.91. The van der Waals surface area contributed by atoms with Crippen molar-refractivity contribution in [3.05, 3.63) is 0 Å². The van der Waals surface area contributed by atoms with Crippen LogP contribution < -0.4 is 0 Å². The highest BCUT2D eigenvalue weighted by molar-refractivity contribution is 9.09. The Morgan fingerprint density at radius 1 is 1.86 bits per heavy atom. The van der Waals surface area contributed by atoms with Gasteiger partial charge in [-0.15, -0.1) is 0 Å². The molecule has 3 heteroatoms. The van der Waals surface area contributed by atoms with E-state index in [1.807, 2.05) is 0 Å². The summed E-state index contributed by atoms with van der Waals surface area (Å²) in [6, 6.07) is 0. The molecule has 0 aliphatic rings. The smallest absolute Gasteiger partial charge is 0.201 e. The highest BCUT2D eigenvalue weighted by Gasteiger charge is 1.98. The molecule has 0 saturated carbocycles. The summed E-state index contributed by atoms with van der Waals surface area (Å²) in [4.78, 5) is 0. The molecule has 2 nitrogen and oxygen atoms in total. The van der Waals surface area contributed by atoms with Crippen LogP contribution in [0.25, 0.3) is 0 Å². The van der Waals surface area contributed by atoms with Crippen molar-refractivity contribution in [2.45, 2.75) is 13.2 Å². The van der Waals surface area contributed by atoms with Crippen molar-refractivity contribution in [1.29, 1.82) is 0 Å². The maximum Gasteiger partial charge on any atom is 0.201 e. The number of hydrogen-bond acceptors (Lipinski definition) is 1. The fraction of sp³-hybridized carbons (Fsp3) is 1.00. The van der Waals surface area contributed by atoms with Crippen LogP contribution in [0.3, 0.4) is 0 Å². The van der Waals surface area contributed by atoms with Gasteiger partial charge in [-0.05, 0) is 6.92 Å². The molecule has 0 spiro atoms. The van der Waals surface area contributed by atoms with Crippen molar-refractivity contribution in [2.75, 3.05) is 11.9 Å². The van der Waals surface area contributed by atoms with E-state index in [9.17, 15) is 5.11 Å². The van der Waals surface area contributed by atoms with Crippen LogP contribution >= 0.6 is 15.9 Å². The first-order valence-electron chi connectivity index (χ1n) is 2.14. The van der Waals surface area contributed by atoms with Crippen molar-refractivity contribution in [3.63, 3.8) is 0 Å². The van der Waals surface area contributed by atoms with Crippen LogP contribution in [0.15, 0.2) is 0 Å². The van der Waals surface area contributed by atoms with Crippen LogP contribution in [0.2, 0.25) is 0 Å². The van der Waals surface area contributed by atoms with E-state index in [0.717, 1.165) is 0 Å². The molecule has 0 heterocycles. The molecule has 1 radical (unpaired) electrons. The van der Waals surface area contributed by atoms with E-state index < -0.39 is 6.29 Å². The zero-order chi connectivity index (χ0) is 5.70. The van der Waals surface area contributed by atoms with Gasteiger partial charge in [0.05, 0.1) is 5.33 Å². The van der Waals surface area contributed by atoms with Gasteiger partial charge in [0, 0.05) is 6.61 Å². The molecule has 0 saturated heterocycles. The molecule has 1 atom stereocenters. The van der Waals surface area contributed by atoms with Gasteiger partial charge in [-0.1, -0.05) is 15.9 Å². The summed E-state index contributed by atoms with van der Waals surface area (Å²) in [6.45, 7) is 2.30. The Hall–Kier alpha value is 0.400. The molecule has 0 aliphatic carbocycles. The first kappa shape index (κ1) is 7.40. The van der Waals surface area contributed by atoms with Gasteiger partial charge < -0.3 is 4.74 Å². The van der Waals surface area contributed by atoms with E-state index >= 15 is 0 Å². The van der Waals surface area contributed by atoms with E-state index in [1.165, 1.54) is 0 Å². The lowest BCUT2D eigenvalue weighted by Crippen LogP contribution is -2.10. The van der Waals surface area contributed by atoms with Gasteiger partial charge in [-0.2, -0.15) is 0 Å². The molecular formula is C4H8BrO2. The lowest BCUT2D eigenvalue weighted by atomic mass is 10.7. The monoisotopic (exact) mass is 167 g/mol. The molecule has 0 aliphatic heterocycles. The summed E-state index contributed by atoms with van der Waals surface area (Å²) in [7, 11) is 0. The predicted molar refractivity (Wildman–Crippen MR) is 29.9 cm³/mol. The topological polar surface area (TPSA) is 29.1 Å². The van der Waals surface area contributed by atoms with E-state index in [1.54, 1.807) is 6.92 Å². The van der Waals surface area contributed by atoms with Crippen molar-refractivity contribution in [2.24, 2.45) is 0 Å². The number of rotatable bonds is 3. The van der Waals surface area contributed by atoms with Gasteiger partial charge in [0.15, 0.2) is 0 Å². The predicted octanol–water partition coefficient (Wildman–Crippen LogP) is 1.17. The Morgan fingerprint density at radius 2 is 2.43 bits per heavy atom. The molecule has 43 valence electrons. The molecule has 0 fully saturated rings. The SMILES string of the molecule is CCOC([O])CBr. The molecule has 0 N–H and O–H groups in total. The Morgan fingerprint density at radius 3 is 2.57 bits per heavy atom. The fourth-order valence-electron chi connectivity index (χ4n) is 0.230. The van der Waals surface area contributed by atoms with Crippen molar-refractivity contribution in [1.82, 2.24) is 0 Å². The summed E-state index contributed by atoms with van der Waals surface area (Å²) in [5, 5.41) is 10.6. The molecule has 0 aromatic rings. The van der Waals surface area contributed by atoms with Crippen LogP contribution in [-0.4, -0.2) is 18.2 Å². The number of alkyl halides is 1. The Balaban J connectivity index is 2.83. The fourth-order valence-corrected chi connectivity index (χ4v) is 0.417. The lowest BCUT2D eigenvalue weighted by molar-refractivity contribution is -0.118. The number of halogens is 1. The normalized spacial score (nSPS) is 14.1. The van der Waals surface area contributed by atoms with Crippen LogP contribution in [-0.2, 0) is 9.84 Å². The first-order valence-corrected chi connectivity index (χ1v) is 3.26. The summed E-state index contributed by atoms with van der Waals surface area (Å²) in [5.74, 6) is 0. The first-order chi connectivity index (χ1) is 3.31. The number of ether oxygens (including phenoxy) is 1. The van der Waals surface area contributed by atoms with Crippen molar-refractivity contribution in [3.8, 4) is 0 Å². The highest BCUT2D eigenvalue weighted by atomic mass is 79.9. The van der Waals surface area contributed by atoms with Crippen LogP contribution in [0.5, 0.6) is 0 Å². The van der Waals surface area contributed by atoms with E-state index in [0.29, 0.717) is 11.9 Å². The maximum absolute atomic E-state index is 10.2. The molecule has 7 heavy (non-hydrogen) atoms. The van der Waals surface area contributed by atoms with Gasteiger partial charge in [0.1, 0.15) is 0 Å². The minimum absolute atomic E-state index is 0.376. The quantitative estimate of drug-likeness (QED) is 0.459. The summed E-state index contributed by atoms with van der Waals surface area (Å²) < 4.78 is 4.59. The zero-order valence-corrected chi connectivity index (χ0v) is 5.77. The number of hydrogen-bond donors (Lipinski definition) is 0. The second-order valence-electron chi connectivity index (χ2n) is 1.04. The lowest BCUT2D eigenvalue weighted by Gasteiger charge is -2.00. The molecule has 0 aromatic heterocycles. The third kappa shape index (κ3) is 4.25. The minimum atomic E-state index is -0.884. The largest absolute Gasteiger partial charge is 0.349 e. The van der Waals surface area contributed by atoms with Gasteiger partial charge >= 0.3 is 0 Å². The molecule has 1 unspecified atom stereocenters. The summed E-state index contributed by atoms with van der Waals surface area (Å²) in [6.07, 6.45) is -0.884. The maximum atomic E-state index is 10.2. The molecule has 0 bridgehead atoms. The summed E-state index contributed by atoms with van der Waals surface area (Å²) in [5.41, 5.74) is 0. The Kier molecular flexibility index (Phi) is 4.82. The van der Waals surface area contributed by atoms with E-state index in [4.69, 9.17) is 0 Å². The van der Waals surface area contributed by atoms with Crippen molar-refractivity contribution < 1.29 is 9.84 Å². The van der Waals surface area contributed by atoms with Crippen LogP contribution in [0, 0.1) is 0 Å². The van der Waals surface area contributed by atoms with Gasteiger partial charge in [-0.3, -0.25) is 0 Å². The average molecular weight is 168 g/mol. The molecular weight excluding hydrogens is 160 g/mol. The third-order valence-corrected chi connectivity index (χ3v) is 1.01. The second kappa shape index (κ2) is 4.56. The Bertz CT molecular complexity index is 40.7. The van der Waals surface area contributed by atoms with E-state index in [-0.39, 0.29) is 0 Å². The second-order valence-corrected chi connectivity index (χ2v) is 1.69. The zero-order valence-electron chi connectivity index (χ0n) is 4.19.